The third-order valence-electron chi connectivity index (χ3n) is 7.16. The molecule has 0 aromatic heterocycles. The van der Waals surface area contributed by atoms with E-state index in [1.165, 1.54) is 14.2 Å². The number of hydrogen-bond acceptors (Lipinski definition) is 9. The summed E-state index contributed by atoms with van der Waals surface area (Å²) in [6.45, 7) is 8.19. The van der Waals surface area contributed by atoms with Crippen molar-refractivity contribution < 1.29 is 42.8 Å². The molecule has 2 aliphatic rings. The average Bonchev–Trinajstić information content (AvgIpc) is 3.03. The summed E-state index contributed by atoms with van der Waals surface area (Å²) in [6.07, 6.45) is -2.42. The van der Waals surface area contributed by atoms with Crippen molar-refractivity contribution in [2.75, 3.05) is 39.4 Å². The molecule has 0 spiro atoms. The van der Waals surface area contributed by atoms with Crippen LogP contribution in [0.5, 0.6) is 17.2 Å². The number of ether oxygens (including phenoxy) is 6. The van der Waals surface area contributed by atoms with Crippen molar-refractivity contribution in [2.45, 2.75) is 58.8 Å². The highest BCUT2D eigenvalue weighted by Gasteiger charge is 2.48. The van der Waals surface area contributed by atoms with E-state index in [2.05, 4.69) is 4.74 Å². The van der Waals surface area contributed by atoms with Gasteiger partial charge in [-0.1, -0.05) is 39.0 Å². The Balaban J connectivity index is 1.85. The largest absolute Gasteiger partial charge is 0.493 e. The van der Waals surface area contributed by atoms with E-state index in [-0.39, 0.29) is 43.4 Å². The number of benzene rings is 2. The number of para-hydroxylation sites is 1. The Labute approximate surface area is 234 Å². The minimum Gasteiger partial charge on any atom is -0.493 e. The number of methoxy groups -OCH3 is 3. The van der Waals surface area contributed by atoms with E-state index in [0.717, 1.165) is 5.56 Å². The molecule has 1 amide bonds. The molecule has 0 unspecified atom stereocenters. The van der Waals surface area contributed by atoms with Gasteiger partial charge in [0.05, 0.1) is 45.9 Å². The van der Waals surface area contributed by atoms with Crippen molar-refractivity contribution in [3.8, 4) is 17.2 Å². The van der Waals surface area contributed by atoms with Gasteiger partial charge >= 0.3 is 11.9 Å². The van der Waals surface area contributed by atoms with Gasteiger partial charge in [-0.05, 0) is 30.0 Å². The highest BCUT2D eigenvalue weighted by atomic mass is 16.6. The van der Waals surface area contributed by atoms with E-state index in [9.17, 15) is 14.4 Å². The van der Waals surface area contributed by atoms with Gasteiger partial charge in [0.15, 0.2) is 11.5 Å². The molecule has 0 fully saturated rings. The molecule has 3 atom stereocenters. The van der Waals surface area contributed by atoms with Crippen molar-refractivity contribution >= 4 is 23.5 Å². The first-order valence-corrected chi connectivity index (χ1v) is 13.2. The predicted octanol–water partition coefficient (Wildman–Crippen LogP) is 4.14. The predicted molar refractivity (Wildman–Crippen MR) is 146 cm³/mol. The molecule has 2 aromatic rings. The molecule has 4 rings (SSSR count). The molecule has 0 radical (unpaired) electrons. The fraction of sp³-hybridized carbons (Fsp3) is 0.500. The van der Waals surface area contributed by atoms with Crippen LogP contribution in [0.15, 0.2) is 30.3 Å². The van der Waals surface area contributed by atoms with Gasteiger partial charge in [0, 0.05) is 11.1 Å². The van der Waals surface area contributed by atoms with Crippen LogP contribution >= 0.6 is 0 Å². The third-order valence-corrected chi connectivity index (χ3v) is 7.16. The lowest BCUT2D eigenvalue weighted by Crippen LogP contribution is -2.56. The Morgan fingerprint density at radius 1 is 1.05 bits per heavy atom. The van der Waals surface area contributed by atoms with Crippen molar-refractivity contribution in [1.82, 2.24) is 0 Å². The van der Waals surface area contributed by atoms with Crippen LogP contribution in [0, 0.1) is 12.3 Å². The number of hydrogen-bond donors (Lipinski definition) is 0. The fourth-order valence-corrected chi connectivity index (χ4v) is 5.15. The summed E-state index contributed by atoms with van der Waals surface area (Å²) in [7, 11) is 4.34. The number of rotatable bonds is 8. The van der Waals surface area contributed by atoms with Crippen LogP contribution in [0.2, 0.25) is 0 Å². The Morgan fingerprint density at radius 3 is 2.45 bits per heavy atom. The molecular formula is C30H37NO9. The van der Waals surface area contributed by atoms with E-state index < -0.39 is 24.1 Å². The number of nitrogens with zero attached hydrogens (tertiary/aromatic N) is 1. The summed E-state index contributed by atoms with van der Waals surface area (Å²) in [6, 6.07) is 8.97. The van der Waals surface area contributed by atoms with Gasteiger partial charge in [0.2, 0.25) is 0 Å². The summed E-state index contributed by atoms with van der Waals surface area (Å²) in [5.41, 5.74) is 2.52. The first-order chi connectivity index (χ1) is 19.0. The average molecular weight is 556 g/mol. The second kappa shape index (κ2) is 11.8. The van der Waals surface area contributed by atoms with Crippen LogP contribution in [0.25, 0.3) is 0 Å². The summed E-state index contributed by atoms with van der Waals surface area (Å²) in [5, 5.41) is 0. The zero-order valence-corrected chi connectivity index (χ0v) is 24.1. The van der Waals surface area contributed by atoms with Crippen LogP contribution in [-0.2, 0) is 28.6 Å². The fourth-order valence-electron chi connectivity index (χ4n) is 5.15. The number of carbonyl (C=O) groups excluding carboxylic acids is 3. The van der Waals surface area contributed by atoms with E-state index in [1.54, 1.807) is 18.1 Å². The first-order valence-electron chi connectivity index (χ1n) is 13.2. The molecule has 0 saturated carbocycles. The van der Waals surface area contributed by atoms with Gasteiger partial charge in [-0.25, -0.2) is 0 Å². The molecule has 0 N–H and O–H groups in total. The lowest BCUT2D eigenvalue weighted by atomic mass is 9.84. The molecule has 10 nitrogen and oxygen atoms in total. The normalized spacial score (nSPS) is 20.1. The van der Waals surface area contributed by atoms with Gasteiger partial charge in [-0.3, -0.25) is 19.3 Å². The Morgan fingerprint density at radius 2 is 1.80 bits per heavy atom. The zero-order valence-electron chi connectivity index (χ0n) is 24.1. The van der Waals surface area contributed by atoms with E-state index in [4.69, 9.17) is 23.7 Å². The molecule has 0 bridgehead atoms. The highest BCUT2D eigenvalue weighted by molar-refractivity contribution is 6.02. The lowest BCUT2D eigenvalue weighted by Gasteiger charge is -2.44. The summed E-state index contributed by atoms with van der Waals surface area (Å²) >= 11 is 0. The van der Waals surface area contributed by atoms with Crippen molar-refractivity contribution in [2.24, 2.45) is 5.41 Å². The summed E-state index contributed by atoms with van der Waals surface area (Å²) in [5.74, 6) is -0.0136. The summed E-state index contributed by atoms with van der Waals surface area (Å²) < 4.78 is 33.9. The second-order valence-electron chi connectivity index (χ2n) is 10.9. The standard InChI is InChI=1S/C30H37NO9/c1-17-13-19-26-21(14-17)39-16-23(30(2,3)4)31(26)29(34)22(15-25(33)38-12-11-24(32)36-6)40-27(19)18-9-8-10-20(35-5)28(18)37-7/h8-10,13-14,22-23,27H,11-12,15-16H2,1-7H3/t22-,23+,27-/m1/s1. The smallest absolute Gasteiger partial charge is 0.308 e. The second-order valence-corrected chi connectivity index (χ2v) is 10.9. The van der Waals surface area contributed by atoms with Crippen LogP contribution in [0.3, 0.4) is 0 Å². The van der Waals surface area contributed by atoms with E-state index >= 15 is 0 Å². The molecular weight excluding hydrogens is 518 g/mol. The van der Waals surface area contributed by atoms with Gasteiger partial charge in [-0.2, -0.15) is 0 Å². The zero-order chi connectivity index (χ0) is 29.2. The van der Waals surface area contributed by atoms with Gasteiger partial charge in [0.1, 0.15) is 31.2 Å². The van der Waals surface area contributed by atoms with Crippen molar-refractivity contribution in [1.29, 1.82) is 0 Å². The van der Waals surface area contributed by atoms with E-state index in [1.807, 2.05) is 52.0 Å². The van der Waals surface area contributed by atoms with Crippen molar-refractivity contribution in [3.63, 3.8) is 0 Å². The molecule has 2 heterocycles. The molecule has 2 aliphatic heterocycles. The van der Waals surface area contributed by atoms with Crippen LogP contribution in [-0.4, -0.2) is 64.5 Å². The number of carbonyl (C=O) groups is 3. The molecule has 216 valence electrons. The monoisotopic (exact) mass is 555 g/mol. The minimum atomic E-state index is -1.19. The quantitative estimate of drug-likeness (QED) is 0.444. The first kappa shape index (κ1) is 29.2. The van der Waals surface area contributed by atoms with Crippen LogP contribution < -0.4 is 19.1 Å². The van der Waals surface area contributed by atoms with Gasteiger partial charge in [0.25, 0.3) is 5.91 Å². The van der Waals surface area contributed by atoms with E-state index in [0.29, 0.717) is 34.1 Å². The molecule has 0 aliphatic carbocycles. The molecule has 0 saturated heterocycles. The lowest BCUT2D eigenvalue weighted by molar-refractivity contribution is -0.154. The Kier molecular flexibility index (Phi) is 8.58. The Bertz CT molecular complexity index is 1280. The summed E-state index contributed by atoms with van der Waals surface area (Å²) in [4.78, 5) is 40.4. The highest BCUT2D eigenvalue weighted by Crippen LogP contribution is 2.51. The number of anilines is 1. The van der Waals surface area contributed by atoms with Crippen LogP contribution in [0.1, 0.15) is 56.4 Å². The van der Waals surface area contributed by atoms with Gasteiger partial charge in [-0.15, -0.1) is 0 Å². The van der Waals surface area contributed by atoms with Gasteiger partial charge < -0.3 is 28.4 Å². The SMILES string of the molecule is COC(=O)CCOC(=O)C[C@H]1O[C@H](c2cccc(OC)c2OC)c2cc(C)cc3c2N(C1=O)[C@H](C(C)(C)C)CO3. The molecule has 2 aromatic carbocycles. The molecule has 40 heavy (non-hydrogen) atoms. The third kappa shape index (κ3) is 5.72. The topological polar surface area (TPSA) is 110 Å². The minimum absolute atomic E-state index is 0.0883. The maximum atomic E-state index is 14.3. The number of aryl methyl sites for hydroxylation is 1. The maximum Gasteiger partial charge on any atom is 0.308 e. The van der Waals surface area contributed by atoms with Crippen molar-refractivity contribution in [3.05, 3.63) is 47.0 Å². The molecule has 10 heteroatoms. The number of amides is 1. The number of esters is 2. The van der Waals surface area contributed by atoms with Crippen LogP contribution in [0.4, 0.5) is 5.69 Å². The maximum absolute atomic E-state index is 14.3. The Hall–Kier alpha value is -3.79.